The van der Waals surface area contributed by atoms with Gasteiger partial charge in [-0.15, -0.1) is 0 Å². The molecule has 0 radical (unpaired) electrons. The molecule has 0 bridgehead atoms. The average Bonchev–Trinajstić information content (AvgIpc) is 2.23. The Morgan fingerprint density at radius 2 is 1.87 bits per heavy atom. The lowest BCUT2D eigenvalue weighted by Crippen LogP contribution is -2.27. The topological polar surface area (TPSA) is 43.4 Å². The molecule has 0 aromatic heterocycles. The van der Waals surface area contributed by atoms with E-state index in [1.54, 1.807) is 6.92 Å². The standard InChI is InChI=1S/C11H19FO3/c1-3-5-6-7-8-9(13)10(12)11(14)15-4-2/h10H,3-8H2,1-2H3. The Hall–Kier alpha value is -0.930. The molecule has 0 aromatic carbocycles. The number of unbranched alkanes of at least 4 members (excludes halogenated alkanes) is 3. The van der Waals surface area contributed by atoms with Gasteiger partial charge in [0.1, 0.15) is 0 Å². The van der Waals surface area contributed by atoms with Crippen LogP contribution in [0.3, 0.4) is 0 Å². The maximum atomic E-state index is 13.1. The van der Waals surface area contributed by atoms with E-state index in [4.69, 9.17) is 0 Å². The van der Waals surface area contributed by atoms with Crippen LogP contribution < -0.4 is 0 Å². The van der Waals surface area contributed by atoms with E-state index in [1.165, 1.54) is 0 Å². The third-order valence-corrected chi connectivity index (χ3v) is 2.05. The fourth-order valence-electron chi connectivity index (χ4n) is 1.20. The molecule has 1 unspecified atom stereocenters. The first kappa shape index (κ1) is 14.1. The van der Waals surface area contributed by atoms with Crippen LogP contribution in [0.25, 0.3) is 0 Å². The molecule has 4 heteroatoms. The summed E-state index contributed by atoms with van der Waals surface area (Å²) in [5, 5.41) is 0. The van der Waals surface area contributed by atoms with Gasteiger partial charge in [-0.25, -0.2) is 9.18 Å². The summed E-state index contributed by atoms with van der Waals surface area (Å²) in [6.45, 7) is 3.73. The Kier molecular flexibility index (Phi) is 7.86. The Labute approximate surface area is 90.0 Å². The summed E-state index contributed by atoms with van der Waals surface area (Å²) < 4.78 is 17.5. The summed E-state index contributed by atoms with van der Waals surface area (Å²) in [5.41, 5.74) is 0. The largest absolute Gasteiger partial charge is 0.463 e. The molecule has 0 aliphatic heterocycles. The fourth-order valence-corrected chi connectivity index (χ4v) is 1.20. The fraction of sp³-hybridized carbons (Fsp3) is 0.818. The van der Waals surface area contributed by atoms with Gasteiger partial charge in [0.2, 0.25) is 0 Å². The van der Waals surface area contributed by atoms with Crippen molar-refractivity contribution in [2.45, 2.75) is 52.1 Å². The van der Waals surface area contributed by atoms with Crippen molar-refractivity contribution >= 4 is 11.8 Å². The molecule has 15 heavy (non-hydrogen) atoms. The van der Waals surface area contributed by atoms with Crippen molar-refractivity contribution in [1.29, 1.82) is 0 Å². The number of rotatable bonds is 8. The van der Waals surface area contributed by atoms with Crippen LogP contribution in [0, 0.1) is 0 Å². The number of ketones is 1. The lowest BCUT2D eigenvalue weighted by atomic mass is 10.1. The van der Waals surface area contributed by atoms with Crippen molar-refractivity contribution in [3.8, 4) is 0 Å². The van der Waals surface area contributed by atoms with Crippen molar-refractivity contribution in [1.82, 2.24) is 0 Å². The van der Waals surface area contributed by atoms with E-state index >= 15 is 0 Å². The molecule has 0 amide bonds. The second kappa shape index (κ2) is 8.38. The number of Topliss-reactive ketones (excluding diaryl/α,β-unsaturated/α-hetero) is 1. The molecule has 0 rings (SSSR count). The lowest BCUT2D eigenvalue weighted by Gasteiger charge is -2.06. The van der Waals surface area contributed by atoms with E-state index in [2.05, 4.69) is 11.7 Å². The number of carbonyl (C=O) groups is 2. The molecule has 0 N–H and O–H groups in total. The number of esters is 1. The predicted octanol–water partition coefficient (Wildman–Crippen LogP) is 2.43. The zero-order valence-corrected chi connectivity index (χ0v) is 9.42. The van der Waals surface area contributed by atoms with Crippen LogP contribution in [0.15, 0.2) is 0 Å². The molecular formula is C11H19FO3. The van der Waals surface area contributed by atoms with Crippen LogP contribution in [0.5, 0.6) is 0 Å². The van der Waals surface area contributed by atoms with Gasteiger partial charge in [-0.2, -0.15) is 0 Å². The number of alkyl halides is 1. The van der Waals surface area contributed by atoms with Crippen LogP contribution in [0.1, 0.15) is 46.0 Å². The maximum absolute atomic E-state index is 13.1. The lowest BCUT2D eigenvalue weighted by molar-refractivity contribution is -0.152. The SMILES string of the molecule is CCCCCCC(=O)C(F)C(=O)OCC. The second-order valence-electron chi connectivity index (χ2n) is 3.39. The molecule has 3 nitrogen and oxygen atoms in total. The van der Waals surface area contributed by atoms with Gasteiger partial charge >= 0.3 is 5.97 Å². The second-order valence-corrected chi connectivity index (χ2v) is 3.39. The first-order valence-corrected chi connectivity index (χ1v) is 5.46. The first-order valence-electron chi connectivity index (χ1n) is 5.46. The maximum Gasteiger partial charge on any atom is 0.348 e. The number of hydrogen-bond donors (Lipinski definition) is 0. The van der Waals surface area contributed by atoms with Crippen LogP contribution in [-0.4, -0.2) is 24.5 Å². The highest BCUT2D eigenvalue weighted by molar-refractivity contribution is 6.01. The molecular weight excluding hydrogens is 199 g/mol. The molecule has 88 valence electrons. The molecule has 0 fully saturated rings. The van der Waals surface area contributed by atoms with Crippen molar-refractivity contribution in [2.24, 2.45) is 0 Å². The van der Waals surface area contributed by atoms with Crippen LogP contribution in [0.2, 0.25) is 0 Å². The Bertz CT molecular complexity index is 204. The molecule has 0 spiro atoms. The summed E-state index contributed by atoms with van der Waals surface area (Å²) in [4.78, 5) is 22.0. The van der Waals surface area contributed by atoms with Gasteiger partial charge < -0.3 is 4.74 Å². The highest BCUT2D eigenvalue weighted by atomic mass is 19.1. The van der Waals surface area contributed by atoms with Gasteiger partial charge in [0.15, 0.2) is 5.78 Å². The highest BCUT2D eigenvalue weighted by Crippen LogP contribution is 2.07. The Morgan fingerprint density at radius 1 is 1.20 bits per heavy atom. The first-order chi connectivity index (χ1) is 7.13. The van der Waals surface area contributed by atoms with Gasteiger partial charge in [-0.3, -0.25) is 4.79 Å². The minimum Gasteiger partial charge on any atom is -0.463 e. The Balaban J connectivity index is 3.73. The van der Waals surface area contributed by atoms with E-state index in [9.17, 15) is 14.0 Å². The average molecular weight is 218 g/mol. The highest BCUT2D eigenvalue weighted by Gasteiger charge is 2.26. The number of ether oxygens (including phenoxy) is 1. The summed E-state index contributed by atoms with van der Waals surface area (Å²) >= 11 is 0. The smallest absolute Gasteiger partial charge is 0.348 e. The van der Waals surface area contributed by atoms with E-state index in [0.29, 0.717) is 6.42 Å². The summed E-state index contributed by atoms with van der Waals surface area (Å²) in [6.07, 6.45) is 1.67. The number of halogens is 1. The van der Waals surface area contributed by atoms with Crippen LogP contribution in [0.4, 0.5) is 4.39 Å². The van der Waals surface area contributed by atoms with Gasteiger partial charge in [0, 0.05) is 6.42 Å². The quantitative estimate of drug-likeness (QED) is 0.357. The predicted molar refractivity (Wildman–Crippen MR) is 55.3 cm³/mol. The van der Waals surface area contributed by atoms with Crippen molar-refractivity contribution in [2.75, 3.05) is 6.61 Å². The van der Waals surface area contributed by atoms with Gasteiger partial charge in [-0.1, -0.05) is 26.2 Å². The molecule has 0 heterocycles. The zero-order valence-electron chi connectivity index (χ0n) is 9.42. The zero-order chi connectivity index (χ0) is 11.7. The minimum absolute atomic E-state index is 0.0996. The van der Waals surface area contributed by atoms with Crippen LogP contribution >= 0.6 is 0 Å². The minimum atomic E-state index is -2.09. The number of hydrogen-bond acceptors (Lipinski definition) is 3. The van der Waals surface area contributed by atoms with Gasteiger partial charge in [-0.05, 0) is 13.3 Å². The monoisotopic (exact) mass is 218 g/mol. The molecule has 0 aliphatic carbocycles. The number of carbonyl (C=O) groups excluding carboxylic acids is 2. The molecule has 0 saturated carbocycles. The van der Waals surface area contributed by atoms with Gasteiger partial charge in [0.05, 0.1) is 6.61 Å². The Morgan fingerprint density at radius 3 is 2.40 bits per heavy atom. The van der Waals surface area contributed by atoms with Gasteiger partial charge in [0.25, 0.3) is 6.17 Å². The van der Waals surface area contributed by atoms with Crippen molar-refractivity contribution < 1.29 is 18.7 Å². The summed E-state index contributed by atoms with van der Waals surface area (Å²) in [5.74, 6) is -1.72. The third kappa shape index (κ3) is 6.20. The van der Waals surface area contributed by atoms with E-state index in [-0.39, 0.29) is 13.0 Å². The van der Waals surface area contributed by atoms with E-state index < -0.39 is 17.9 Å². The summed E-state index contributed by atoms with van der Waals surface area (Å²) in [7, 11) is 0. The van der Waals surface area contributed by atoms with Crippen LogP contribution in [-0.2, 0) is 14.3 Å². The normalized spacial score (nSPS) is 12.2. The summed E-state index contributed by atoms with van der Waals surface area (Å²) in [6, 6.07) is 0. The molecule has 0 aromatic rings. The molecule has 0 saturated heterocycles. The van der Waals surface area contributed by atoms with E-state index in [1.807, 2.05) is 0 Å². The molecule has 0 aliphatic rings. The molecule has 1 atom stereocenters. The van der Waals surface area contributed by atoms with Crippen molar-refractivity contribution in [3.63, 3.8) is 0 Å². The van der Waals surface area contributed by atoms with E-state index in [0.717, 1.165) is 19.3 Å². The van der Waals surface area contributed by atoms with Crippen molar-refractivity contribution in [3.05, 3.63) is 0 Å². The third-order valence-electron chi connectivity index (χ3n) is 2.05.